The van der Waals surface area contributed by atoms with Crippen LogP contribution in [0.2, 0.25) is 0 Å². The van der Waals surface area contributed by atoms with Crippen LogP contribution in [-0.2, 0) is 4.79 Å². The van der Waals surface area contributed by atoms with E-state index in [0.29, 0.717) is 22.4 Å². The molecule has 2 atom stereocenters. The highest BCUT2D eigenvalue weighted by atomic mass is 32.2. The van der Waals surface area contributed by atoms with Crippen molar-refractivity contribution < 1.29 is 18.3 Å². The summed E-state index contributed by atoms with van der Waals surface area (Å²) in [5.74, 6) is 0.195. The second-order valence-electron chi connectivity index (χ2n) is 7.27. The van der Waals surface area contributed by atoms with Crippen LogP contribution < -0.4 is 10.1 Å². The zero-order valence-electron chi connectivity index (χ0n) is 17.7. The predicted octanol–water partition coefficient (Wildman–Crippen LogP) is 5.40. The standard InChI is InChI=1S/C22H24F2N4O2S/c1-13(2)28-20(14(3)30-19-11-7-17(24)8-12-19)26-27-22(28)31-15(4)21(29)25-18-9-5-16(23)6-10-18/h5-15H,1-4H3,(H,25,29). The van der Waals surface area contributed by atoms with Crippen LogP contribution >= 0.6 is 11.8 Å². The number of carbonyl (C=O) groups excluding carboxylic acids is 1. The predicted molar refractivity (Wildman–Crippen MR) is 116 cm³/mol. The fraction of sp³-hybridized carbons (Fsp3) is 0.318. The third-order valence-corrected chi connectivity index (χ3v) is 5.52. The third kappa shape index (κ3) is 5.81. The van der Waals surface area contributed by atoms with E-state index in [4.69, 9.17) is 4.74 Å². The van der Waals surface area contributed by atoms with Crippen molar-refractivity contribution in [2.24, 2.45) is 0 Å². The van der Waals surface area contributed by atoms with Gasteiger partial charge in [-0.3, -0.25) is 4.79 Å². The highest BCUT2D eigenvalue weighted by Crippen LogP contribution is 2.30. The Morgan fingerprint density at radius 2 is 1.55 bits per heavy atom. The lowest BCUT2D eigenvalue weighted by molar-refractivity contribution is -0.115. The molecule has 0 fully saturated rings. The second kappa shape index (κ2) is 9.91. The van der Waals surface area contributed by atoms with Gasteiger partial charge in [0.25, 0.3) is 0 Å². The molecule has 0 aliphatic heterocycles. The number of rotatable bonds is 8. The molecule has 6 nitrogen and oxygen atoms in total. The largest absolute Gasteiger partial charge is 0.483 e. The Kier molecular flexibility index (Phi) is 7.27. The lowest BCUT2D eigenvalue weighted by atomic mass is 10.3. The molecule has 0 aliphatic carbocycles. The van der Waals surface area contributed by atoms with Gasteiger partial charge in [-0.1, -0.05) is 11.8 Å². The molecule has 1 aromatic heterocycles. The van der Waals surface area contributed by atoms with E-state index in [-0.39, 0.29) is 23.6 Å². The molecule has 164 valence electrons. The van der Waals surface area contributed by atoms with Gasteiger partial charge < -0.3 is 14.6 Å². The number of nitrogens with one attached hydrogen (secondary N) is 1. The van der Waals surface area contributed by atoms with Gasteiger partial charge in [0, 0.05) is 11.7 Å². The number of hydrogen-bond acceptors (Lipinski definition) is 5. The summed E-state index contributed by atoms with van der Waals surface area (Å²) in [4.78, 5) is 12.6. The van der Waals surface area contributed by atoms with Gasteiger partial charge >= 0.3 is 0 Å². The molecule has 2 aromatic carbocycles. The number of nitrogens with zero attached hydrogens (tertiary/aromatic N) is 3. The molecule has 3 aromatic rings. The van der Waals surface area contributed by atoms with Crippen molar-refractivity contribution in [1.82, 2.24) is 14.8 Å². The van der Waals surface area contributed by atoms with Crippen LogP contribution in [0.3, 0.4) is 0 Å². The lowest BCUT2D eigenvalue weighted by Gasteiger charge is -2.19. The van der Waals surface area contributed by atoms with Crippen LogP contribution in [0.25, 0.3) is 0 Å². The van der Waals surface area contributed by atoms with E-state index >= 15 is 0 Å². The number of carbonyl (C=O) groups is 1. The monoisotopic (exact) mass is 446 g/mol. The molecule has 3 rings (SSSR count). The van der Waals surface area contributed by atoms with Crippen LogP contribution in [0.4, 0.5) is 14.5 Å². The molecule has 0 aliphatic rings. The molecule has 1 amide bonds. The minimum atomic E-state index is -0.465. The number of amides is 1. The Labute approximate surface area is 184 Å². The van der Waals surface area contributed by atoms with Crippen LogP contribution in [0, 0.1) is 11.6 Å². The number of thioether (sulfide) groups is 1. The number of ether oxygens (including phenoxy) is 1. The van der Waals surface area contributed by atoms with Crippen LogP contribution in [0.1, 0.15) is 45.7 Å². The van der Waals surface area contributed by atoms with Crippen LogP contribution in [0.5, 0.6) is 5.75 Å². The van der Waals surface area contributed by atoms with E-state index in [1.165, 1.54) is 48.2 Å². The average Bonchev–Trinajstić information content (AvgIpc) is 3.15. The maximum Gasteiger partial charge on any atom is 0.237 e. The van der Waals surface area contributed by atoms with Crippen molar-refractivity contribution in [3.8, 4) is 5.75 Å². The number of aromatic nitrogens is 3. The quantitative estimate of drug-likeness (QED) is 0.470. The molecule has 0 saturated heterocycles. The fourth-order valence-corrected chi connectivity index (χ4v) is 3.88. The van der Waals surface area contributed by atoms with E-state index in [1.807, 2.05) is 25.3 Å². The molecular weight excluding hydrogens is 422 g/mol. The first-order valence-electron chi connectivity index (χ1n) is 9.84. The molecule has 2 unspecified atom stereocenters. The van der Waals surface area contributed by atoms with E-state index in [9.17, 15) is 13.6 Å². The van der Waals surface area contributed by atoms with Crippen molar-refractivity contribution in [2.45, 2.75) is 50.2 Å². The van der Waals surface area contributed by atoms with Gasteiger partial charge in [0.05, 0.1) is 5.25 Å². The summed E-state index contributed by atoms with van der Waals surface area (Å²) in [6.45, 7) is 7.59. The van der Waals surface area contributed by atoms with Gasteiger partial charge in [-0.2, -0.15) is 0 Å². The minimum absolute atomic E-state index is 0.0270. The summed E-state index contributed by atoms with van der Waals surface area (Å²) in [6, 6.07) is 11.4. The van der Waals surface area contributed by atoms with Gasteiger partial charge in [0.15, 0.2) is 17.1 Å². The van der Waals surface area contributed by atoms with Gasteiger partial charge in [0.2, 0.25) is 5.91 Å². The van der Waals surface area contributed by atoms with Gasteiger partial charge in [0.1, 0.15) is 17.4 Å². The second-order valence-corrected chi connectivity index (χ2v) is 8.58. The highest BCUT2D eigenvalue weighted by molar-refractivity contribution is 8.00. The summed E-state index contributed by atoms with van der Waals surface area (Å²) in [6.07, 6.45) is -0.432. The van der Waals surface area contributed by atoms with E-state index < -0.39 is 11.4 Å². The number of anilines is 1. The minimum Gasteiger partial charge on any atom is -0.483 e. The zero-order valence-corrected chi connectivity index (χ0v) is 18.5. The first-order valence-corrected chi connectivity index (χ1v) is 10.7. The summed E-state index contributed by atoms with van der Waals surface area (Å²) < 4.78 is 34.0. The van der Waals surface area contributed by atoms with Crippen molar-refractivity contribution in [3.63, 3.8) is 0 Å². The fourth-order valence-electron chi connectivity index (χ4n) is 2.89. The topological polar surface area (TPSA) is 69.0 Å². The van der Waals surface area contributed by atoms with E-state index in [2.05, 4.69) is 15.5 Å². The molecule has 9 heteroatoms. The summed E-state index contributed by atoms with van der Waals surface area (Å²) in [5, 5.41) is 11.4. The van der Waals surface area contributed by atoms with E-state index in [1.54, 1.807) is 19.1 Å². The smallest absolute Gasteiger partial charge is 0.237 e. The maximum absolute atomic E-state index is 13.1. The maximum atomic E-state index is 13.1. The zero-order chi connectivity index (χ0) is 22.5. The van der Waals surface area contributed by atoms with Gasteiger partial charge in [-0.05, 0) is 76.2 Å². The molecule has 1 N–H and O–H groups in total. The molecule has 0 spiro atoms. The highest BCUT2D eigenvalue weighted by Gasteiger charge is 2.25. The lowest BCUT2D eigenvalue weighted by Crippen LogP contribution is -2.23. The van der Waals surface area contributed by atoms with Gasteiger partial charge in [-0.25, -0.2) is 8.78 Å². The number of hydrogen-bond donors (Lipinski definition) is 1. The summed E-state index contributed by atoms with van der Waals surface area (Å²) >= 11 is 1.27. The first kappa shape index (κ1) is 22.7. The molecule has 0 bridgehead atoms. The summed E-state index contributed by atoms with van der Waals surface area (Å²) in [7, 11) is 0. The van der Waals surface area contributed by atoms with E-state index in [0.717, 1.165) is 0 Å². The Morgan fingerprint density at radius 1 is 0.968 bits per heavy atom. The normalized spacial score (nSPS) is 13.1. The van der Waals surface area contributed by atoms with Crippen molar-refractivity contribution >= 4 is 23.4 Å². The first-order chi connectivity index (χ1) is 14.7. The van der Waals surface area contributed by atoms with Crippen molar-refractivity contribution in [2.75, 3.05) is 5.32 Å². The Morgan fingerprint density at radius 3 is 2.13 bits per heavy atom. The van der Waals surface area contributed by atoms with Crippen LogP contribution in [0.15, 0.2) is 53.7 Å². The molecule has 0 saturated carbocycles. The van der Waals surface area contributed by atoms with Gasteiger partial charge in [-0.15, -0.1) is 10.2 Å². The molecule has 31 heavy (non-hydrogen) atoms. The molecular formula is C22H24F2N4O2S. The van der Waals surface area contributed by atoms with Crippen molar-refractivity contribution in [3.05, 3.63) is 66.0 Å². The third-order valence-electron chi connectivity index (χ3n) is 4.46. The molecule has 1 heterocycles. The Bertz CT molecular complexity index is 1020. The van der Waals surface area contributed by atoms with Crippen LogP contribution in [-0.4, -0.2) is 25.9 Å². The van der Waals surface area contributed by atoms with Crippen molar-refractivity contribution in [1.29, 1.82) is 0 Å². The Balaban J connectivity index is 1.72. The molecule has 0 radical (unpaired) electrons. The number of benzene rings is 2. The SMILES string of the molecule is CC(Sc1nnc(C(C)Oc2ccc(F)cc2)n1C(C)C)C(=O)Nc1ccc(F)cc1. The Hall–Kier alpha value is -2.94. The summed E-state index contributed by atoms with van der Waals surface area (Å²) in [5.41, 5.74) is 0.520. The average molecular weight is 447 g/mol. The number of halogens is 2.